The molecule has 86 valence electrons. The van der Waals surface area contributed by atoms with E-state index >= 15 is 0 Å². The van der Waals surface area contributed by atoms with Gasteiger partial charge in [-0.25, -0.2) is 0 Å². The zero-order valence-electron chi connectivity index (χ0n) is 10.1. The van der Waals surface area contributed by atoms with E-state index in [0.29, 0.717) is 12.2 Å². The average molecular weight is 226 g/mol. The molecule has 0 aromatic carbocycles. The fraction of sp³-hybridized carbons (Fsp3) is 0.750. The number of hydrogen-bond donors (Lipinski definition) is 0. The molecule has 0 bridgehead atoms. The summed E-state index contributed by atoms with van der Waals surface area (Å²) in [7, 11) is -1.54. The van der Waals surface area contributed by atoms with Gasteiger partial charge in [-0.2, -0.15) is 0 Å². The Hall–Kier alpha value is -0.573. The molecule has 0 heterocycles. The lowest BCUT2D eigenvalue weighted by atomic mass is 10.2. The van der Waals surface area contributed by atoms with Crippen LogP contribution >= 0.6 is 0 Å². The average Bonchev–Trinajstić information content (AvgIpc) is 2.67. The Bertz CT molecular complexity index is 246. The maximum Gasteiger partial charge on any atom is 0.249 e. The van der Waals surface area contributed by atoms with Crippen molar-refractivity contribution < 1.29 is 9.22 Å². The Balaban J connectivity index is 2.63. The highest BCUT2D eigenvalue weighted by atomic mass is 28.4. The molecule has 2 nitrogen and oxygen atoms in total. The van der Waals surface area contributed by atoms with Crippen LogP contribution in [0, 0.1) is 0 Å². The van der Waals surface area contributed by atoms with Gasteiger partial charge in [-0.15, -0.1) is 0 Å². The van der Waals surface area contributed by atoms with Crippen molar-refractivity contribution in [3.63, 3.8) is 0 Å². The van der Waals surface area contributed by atoms with Crippen LogP contribution in [0.5, 0.6) is 0 Å². The Morgan fingerprint density at radius 3 is 2.20 bits per heavy atom. The van der Waals surface area contributed by atoms with E-state index in [4.69, 9.17) is 4.43 Å². The van der Waals surface area contributed by atoms with Gasteiger partial charge in [-0.3, -0.25) is 4.79 Å². The molecule has 1 aliphatic rings. The van der Waals surface area contributed by atoms with Gasteiger partial charge in [-0.1, -0.05) is 20.8 Å². The normalized spacial score (nSPS) is 19.9. The van der Waals surface area contributed by atoms with Crippen molar-refractivity contribution in [2.24, 2.45) is 0 Å². The van der Waals surface area contributed by atoms with E-state index in [2.05, 4.69) is 20.8 Å². The predicted molar refractivity (Wildman–Crippen MR) is 65.2 cm³/mol. The lowest BCUT2D eigenvalue weighted by molar-refractivity contribution is -0.114. The number of ketones is 1. The minimum atomic E-state index is -1.54. The molecular formula is C12H22O2Si. The molecule has 1 saturated carbocycles. The molecule has 0 radical (unpaired) electrons. The zero-order chi connectivity index (χ0) is 11.3. The maximum atomic E-state index is 11.4. The van der Waals surface area contributed by atoms with Crippen molar-refractivity contribution in [1.82, 2.24) is 0 Å². The number of hydrogen-bond acceptors (Lipinski definition) is 2. The zero-order valence-corrected chi connectivity index (χ0v) is 11.1. The van der Waals surface area contributed by atoms with Gasteiger partial charge in [0, 0.05) is 12.0 Å². The molecule has 0 atom stereocenters. The molecule has 0 aliphatic heterocycles. The molecule has 15 heavy (non-hydrogen) atoms. The van der Waals surface area contributed by atoms with E-state index in [9.17, 15) is 4.79 Å². The highest BCUT2D eigenvalue weighted by Crippen LogP contribution is 2.25. The van der Waals surface area contributed by atoms with E-state index < -0.39 is 8.32 Å². The van der Waals surface area contributed by atoms with Crippen molar-refractivity contribution >= 4 is 14.1 Å². The largest absolute Gasteiger partial charge is 0.549 e. The first-order valence-electron chi connectivity index (χ1n) is 6.07. The molecule has 0 aromatic rings. The molecule has 0 unspecified atom stereocenters. The molecule has 1 aliphatic carbocycles. The molecule has 0 spiro atoms. The number of carbonyl (C=O) groups excluding carboxylic acids is 1. The molecule has 0 N–H and O–H groups in total. The summed E-state index contributed by atoms with van der Waals surface area (Å²) in [5.41, 5.74) is 0.919. The quantitative estimate of drug-likeness (QED) is 0.406. The first-order valence-corrected chi connectivity index (χ1v) is 8.60. The first-order chi connectivity index (χ1) is 7.17. The van der Waals surface area contributed by atoms with Crippen LogP contribution < -0.4 is 0 Å². The van der Waals surface area contributed by atoms with Crippen LogP contribution in [-0.2, 0) is 9.22 Å². The molecule has 0 aromatic heterocycles. The van der Waals surface area contributed by atoms with Gasteiger partial charge in [-0.05, 0) is 31.0 Å². The molecule has 1 fully saturated rings. The van der Waals surface area contributed by atoms with Crippen molar-refractivity contribution in [2.45, 2.75) is 58.2 Å². The van der Waals surface area contributed by atoms with Crippen molar-refractivity contribution in [2.75, 3.05) is 0 Å². The van der Waals surface area contributed by atoms with Gasteiger partial charge in [0.2, 0.25) is 8.32 Å². The molecule has 0 saturated heterocycles. The maximum absolute atomic E-state index is 11.4. The van der Waals surface area contributed by atoms with Gasteiger partial charge in [0.05, 0.1) is 6.26 Å². The summed E-state index contributed by atoms with van der Waals surface area (Å²) in [6, 6.07) is 3.41. The van der Waals surface area contributed by atoms with E-state index in [1.54, 1.807) is 6.26 Å². The number of allylic oxidation sites excluding steroid dienone is 1. The summed E-state index contributed by atoms with van der Waals surface area (Å²) in [6.45, 7) is 6.61. The SMILES string of the molecule is CC[Si](CC)(CC)O/C=C1\CCCC1=O. The van der Waals surface area contributed by atoms with Crippen LogP contribution in [0.2, 0.25) is 18.1 Å². The third kappa shape index (κ3) is 2.94. The summed E-state index contributed by atoms with van der Waals surface area (Å²) in [5, 5.41) is 0. The van der Waals surface area contributed by atoms with Crippen molar-refractivity contribution in [3.8, 4) is 0 Å². The fourth-order valence-electron chi connectivity index (χ4n) is 2.06. The van der Waals surface area contributed by atoms with E-state index in [-0.39, 0.29) is 0 Å². The molecule has 3 heteroatoms. The number of carbonyl (C=O) groups is 1. The van der Waals surface area contributed by atoms with E-state index in [1.807, 2.05) is 0 Å². The van der Waals surface area contributed by atoms with Crippen molar-refractivity contribution in [3.05, 3.63) is 11.8 Å². The Kier molecular flexibility index (Phi) is 4.58. The van der Waals surface area contributed by atoms with E-state index in [0.717, 1.165) is 36.5 Å². The number of Topliss-reactive ketones (excluding diaryl/α,β-unsaturated/α-hetero) is 1. The van der Waals surface area contributed by atoms with Gasteiger partial charge >= 0.3 is 0 Å². The molecular weight excluding hydrogens is 204 g/mol. The van der Waals surface area contributed by atoms with Crippen LogP contribution in [0.25, 0.3) is 0 Å². The summed E-state index contributed by atoms with van der Waals surface area (Å²) >= 11 is 0. The molecule has 1 rings (SSSR count). The predicted octanol–water partition coefficient (Wildman–Crippen LogP) is 3.65. The highest BCUT2D eigenvalue weighted by Gasteiger charge is 2.30. The third-order valence-electron chi connectivity index (χ3n) is 3.59. The second-order valence-corrected chi connectivity index (χ2v) is 9.00. The minimum Gasteiger partial charge on any atom is -0.549 e. The van der Waals surface area contributed by atoms with Crippen LogP contribution in [0.15, 0.2) is 11.8 Å². The second kappa shape index (κ2) is 5.49. The summed E-state index contributed by atoms with van der Waals surface area (Å²) in [4.78, 5) is 11.4. The van der Waals surface area contributed by atoms with Gasteiger partial charge in [0.25, 0.3) is 0 Å². The van der Waals surface area contributed by atoms with Gasteiger partial charge < -0.3 is 4.43 Å². The summed E-state index contributed by atoms with van der Waals surface area (Å²) in [5.74, 6) is 0.293. The lowest BCUT2D eigenvalue weighted by Gasteiger charge is -2.26. The Morgan fingerprint density at radius 2 is 1.80 bits per heavy atom. The highest BCUT2D eigenvalue weighted by molar-refractivity contribution is 6.73. The summed E-state index contributed by atoms with van der Waals surface area (Å²) in [6.07, 6.45) is 4.43. The first kappa shape index (κ1) is 12.5. The monoisotopic (exact) mass is 226 g/mol. The topological polar surface area (TPSA) is 26.3 Å². The lowest BCUT2D eigenvalue weighted by Crippen LogP contribution is -2.33. The molecule has 0 amide bonds. The third-order valence-corrected chi connectivity index (χ3v) is 8.08. The van der Waals surface area contributed by atoms with Gasteiger partial charge in [0.15, 0.2) is 5.78 Å². The smallest absolute Gasteiger partial charge is 0.249 e. The number of rotatable bonds is 5. The minimum absolute atomic E-state index is 0.293. The summed E-state index contributed by atoms with van der Waals surface area (Å²) < 4.78 is 5.99. The Morgan fingerprint density at radius 1 is 1.20 bits per heavy atom. The van der Waals surface area contributed by atoms with Crippen LogP contribution in [0.4, 0.5) is 0 Å². The standard InChI is InChI=1S/C12H22O2Si/c1-4-15(5-2,6-3)14-10-11-8-7-9-12(11)13/h10H,4-9H2,1-3H3/b11-10+. The van der Waals surface area contributed by atoms with E-state index in [1.165, 1.54) is 0 Å². The van der Waals surface area contributed by atoms with Crippen LogP contribution in [-0.4, -0.2) is 14.1 Å². The second-order valence-electron chi connectivity index (χ2n) is 4.28. The van der Waals surface area contributed by atoms with Gasteiger partial charge in [0.1, 0.15) is 0 Å². The Labute approximate surface area is 93.8 Å². The van der Waals surface area contributed by atoms with Crippen molar-refractivity contribution in [1.29, 1.82) is 0 Å². The van der Waals surface area contributed by atoms with Crippen LogP contribution in [0.1, 0.15) is 40.0 Å². The van der Waals surface area contributed by atoms with Crippen LogP contribution in [0.3, 0.4) is 0 Å². The fourth-order valence-corrected chi connectivity index (χ4v) is 4.45.